The van der Waals surface area contributed by atoms with Crippen LogP contribution in [0.5, 0.6) is 0 Å². The van der Waals surface area contributed by atoms with Crippen molar-refractivity contribution in [1.29, 1.82) is 0 Å². The number of nitrogens with zero attached hydrogens (tertiary/aromatic N) is 2. The number of unbranched alkanes of at least 4 members (excludes halogenated alkanes) is 2. The van der Waals surface area contributed by atoms with Gasteiger partial charge in [-0.15, -0.1) is 0 Å². The van der Waals surface area contributed by atoms with E-state index >= 15 is 0 Å². The van der Waals surface area contributed by atoms with Crippen LogP contribution >= 0.6 is 21.6 Å². The highest BCUT2D eigenvalue weighted by Gasteiger charge is 2.40. The van der Waals surface area contributed by atoms with Crippen LogP contribution in [-0.4, -0.2) is 75.0 Å². The van der Waals surface area contributed by atoms with Gasteiger partial charge >= 0.3 is 5.97 Å². The third-order valence-corrected chi connectivity index (χ3v) is 9.26. The number of imide groups is 1. The molecule has 0 aromatic heterocycles. The van der Waals surface area contributed by atoms with Crippen molar-refractivity contribution in [3.8, 4) is 0 Å². The predicted octanol–water partition coefficient (Wildman–Crippen LogP) is 3.30. The van der Waals surface area contributed by atoms with Gasteiger partial charge in [-0.05, 0) is 57.6 Å². The maximum absolute atomic E-state index is 13.4. The van der Waals surface area contributed by atoms with Gasteiger partial charge in [0.05, 0.1) is 12.0 Å². The second kappa shape index (κ2) is 12.8. The van der Waals surface area contributed by atoms with Gasteiger partial charge in [0.25, 0.3) is 11.8 Å². The minimum atomic E-state index is -0.785. The maximum Gasteiger partial charge on any atom is 0.306 e. The number of carbonyl (C=O) groups excluding carboxylic acids is 4. The number of likely N-dealkylation sites (tertiary alicyclic amines) is 1. The SMILES string of the molecule is CSSC1CC(C(=O)O)CCC(C(=O)[C@@H]2CCCN2C(=O)CCCCCN2C(=O)C=CC2=O)C1. The third-order valence-electron chi connectivity index (χ3n) is 7.02. The molecule has 10 heteroatoms. The number of amides is 3. The van der Waals surface area contributed by atoms with Gasteiger partial charge in [0.2, 0.25) is 5.91 Å². The average molecular weight is 511 g/mol. The van der Waals surface area contributed by atoms with Crippen LogP contribution in [0.25, 0.3) is 0 Å². The van der Waals surface area contributed by atoms with E-state index in [0.717, 1.165) is 12.8 Å². The molecule has 1 N–H and O–H groups in total. The molecule has 8 nitrogen and oxygen atoms in total. The summed E-state index contributed by atoms with van der Waals surface area (Å²) < 4.78 is 0. The van der Waals surface area contributed by atoms with Crippen LogP contribution in [0.3, 0.4) is 0 Å². The molecule has 34 heavy (non-hydrogen) atoms. The second-order valence-electron chi connectivity index (χ2n) is 9.29. The van der Waals surface area contributed by atoms with Crippen molar-refractivity contribution < 1.29 is 29.1 Å². The minimum absolute atomic E-state index is 0.0158. The first kappa shape index (κ1) is 26.8. The van der Waals surface area contributed by atoms with Crippen molar-refractivity contribution in [1.82, 2.24) is 9.80 Å². The fraction of sp³-hybridized carbons (Fsp3) is 0.708. The highest BCUT2D eigenvalue weighted by atomic mass is 33.1. The van der Waals surface area contributed by atoms with E-state index in [1.807, 2.05) is 6.26 Å². The topological polar surface area (TPSA) is 112 Å². The van der Waals surface area contributed by atoms with Crippen LogP contribution in [0, 0.1) is 11.8 Å². The van der Waals surface area contributed by atoms with Crippen LogP contribution in [0.15, 0.2) is 12.2 Å². The predicted molar refractivity (Wildman–Crippen MR) is 132 cm³/mol. The maximum atomic E-state index is 13.4. The summed E-state index contributed by atoms with van der Waals surface area (Å²) in [7, 11) is 3.26. The van der Waals surface area contributed by atoms with Crippen molar-refractivity contribution >= 4 is 51.1 Å². The molecule has 0 spiro atoms. The number of carbonyl (C=O) groups is 5. The van der Waals surface area contributed by atoms with Crippen LogP contribution in [-0.2, 0) is 24.0 Å². The lowest BCUT2D eigenvalue weighted by atomic mass is 9.89. The molecule has 2 fully saturated rings. The summed E-state index contributed by atoms with van der Waals surface area (Å²) in [6.07, 6.45) is 10.7. The van der Waals surface area contributed by atoms with Crippen molar-refractivity contribution in [2.45, 2.75) is 75.5 Å². The van der Waals surface area contributed by atoms with E-state index in [1.165, 1.54) is 17.1 Å². The standard InChI is InChI=1S/C24H34N2O6S2/c1-33-34-18-14-16(8-9-17(15-18)24(31)32)23(30)19-6-5-13-25(19)20(27)7-3-2-4-12-26-21(28)10-11-22(26)29/h10-11,16-19H,2-9,12-15H2,1H3,(H,31,32)/t16?,17?,18?,19-/m0/s1. The molecule has 3 rings (SSSR count). The number of ketones is 1. The van der Waals surface area contributed by atoms with Gasteiger partial charge in [0.15, 0.2) is 5.78 Å². The number of Topliss-reactive ketones (excluding diaryl/α,β-unsaturated/α-hetero) is 1. The molecule has 0 aromatic rings. The Morgan fingerprint density at radius 3 is 2.35 bits per heavy atom. The minimum Gasteiger partial charge on any atom is -0.481 e. The lowest BCUT2D eigenvalue weighted by molar-refractivity contribution is -0.142. The van der Waals surface area contributed by atoms with Crippen LogP contribution in [0.2, 0.25) is 0 Å². The van der Waals surface area contributed by atoms with Gasteiger partial charge in [-0.2, -0.15) is 0 Å². The summed E-state index contributed by atoms with van der Waals surface area (Å²) in [6.45, 7) is 0.947. The Morgan fingerprint density at radius 1 is 1.00 bits per heavy atom. The monoisotopic (exact) mass is 510 g/mol. The lowest BCUT2D eigenvalue weighted by Gasteiger charge is -2.28. The molecule has 3 amide bonds. The summed E-state index contributed by atoms with van der Waals surface area (Å²) in [4.78, 5) is 64.1. The van der Waals surface area contributed by atoms with E-state index in [0.29, 0.717) is 64.5 Å². The number of hydrogen-bond donors (Lipinski definition) is 1. The van der Waals surface area contributed by atoms with Crippen molar-refractivity contribution in [3.05, 3.63) is 12.2 Å². The lowest BCUT2D eigenvalue weighted by Crippen LogP contribution is -2.43. The van der Waals surface area contributed by atoms with E-state index in [-0.39, 0.29) is 34.7 Å². The van der Waals surface area contributed by atoms with Crippen LogP contribution in [0.4, 0.5) is 0 Å². The van der Waals surface area contributed by atoms with E-state index < -0.39 is 17.9 Å². The molecule has 2 heterocycles. The molecule has 1 saturated carbocycles. The number of hydrogen-bond acceptors (Lipinski definition) is 7. The summed E-state index contributed by atoms with van der Waals surface area (Å²) in [5.41, 5.74) is 0. The Bertz CT molecular complexity index is 814. The molecule has 0 bridgehead atoms. The average Bonchev–Trinajstić information content (AvgIpc) is 3.34. The largest absolute Gasteiger partial charge is 0.481 e. The van der Waals surface area contributed by atoms with Gasteiger partial charge in [-0.25, -0.2) is 0 Å². The van der Waals surface area contributed by atoms with Crippen LogP contribution in [0.1, 0.15) is 64.2 Å². The van der Waals surface area contributed by atoms with Crippen molar-refractivity contribution in [2.75, 3.05) is 19.3 Å². The highest BCUT2D eigenvalue weighted by Crippen LogP contribution is 2.40. The van der Waals surface area contributed by atoms with Gasteiger partial charge in [-0.1, -0.05) is 28.0 Å². The first-order chi connectivity index (χ1) is 16.3. The van der Waals surface area contributed by atoms with E-state index in [2.05, 4.69) is 0 Å². The normalized spacial score (nSPS) is 27.3. The quantitative estimate of drug-likeness (QED) is 0.195. The van der Waals surface area contributed by atoms with Gasteiger partial charge in [0.1, 0.15) is 0 Å². The first-order valence-corrected chi connectivity index (χ1v) is 14.7. The Morgan fingerprint density at radius 2 is 1.68 bits per heavy atom. The van der Waals surface area contributed by atoms with Gasteiger partial charge in [0, 0.05) is 42.8 Å². The highest BCUT2D eigenvalue weighted by molar-refractivity contribution is 8.76. The van der Waals surface area contributed by atoms with Crippen LogP contribution < -0.4 is 0 Å². The smallest absolute Gasteiger partial charge is 0.306 e. The molecule has 188 valence electrons. The van der Waals surface area contributed by atoms with E-state index in [9.17, 15) is 29.1 Å². The third kappa shape index (κ3) is 6.87. The summed E-state index contributed by atoms with van der Waals surface area (Å²) in [5.74, 6) is -1.88. The Balaban J connectivity index is 1.48. The molecule has 3 aliphatic rings. The van der Waals surface area contributed by atoms with E-state index in [1.54, 1.807) is 26.5 Å². The molecule has 0 radical (unpaired) electrons. The Labute approximate surface area is 208 Å². The molecule has 3 unspecified atom stereocenters. The summed E-state index contributed by atoms with van der Waals surface area (Å²) in [5, 5.41) is 9.64. The molecular weight excluding hydrogens is 476 g/mol. The zero-order chi connectivity index (χ0) is 24.7. The van der Waals surface area contributed by atoms with Gasteiger partial charge in [-0.3, -0.25) is 28.9 Å². The Hall–Kier alpha value is -1.81. The number of carboxylic acids is 1. The molecule has 0 aromatic carbocycles. The Kier molecular flexibility index (Phi) is 10.1. The number of aliphatic carboxylic acids is 1. The zero-order valence-electron chi connectivity index (χ0n) is 19.6. The van der Waals surface area contributed by atoms with Crippen molar-refractivity contribution in [2.24, 2.45) is 11.8 Å². The molecule has 4 atom stereocenters. The molecule has 2 aliphatic heterocycles. The molecular formula is C24H34N2O6S2. The fourth-order valence-corrected chi connectivity index (χ4v) is 7.40. The summed E-state index contributed by atoms with van der Waals surface area (Å²) in [6, 6.07) is -0.398. The number of carboxylic acid groups (broad SMARTS) is 1. The van der Waals surface area contributed by atoms with Crippen molar-refractivity contribution in [3.63, 3.8) is 0 Å². The van der Waals surface area contributed by atoms with Gasteiger partial charge < -0.3 is 10.0 Å². The second-order valence-corrected chi connectivity index (χ2v) is 12.1. The molecule has 1 saturated heterocycles. The number of rotatable bonds is 11. The fourth-order valence-electron chi connectivity index (χ4n) is 5.22. The van der Waals surface area contributed by atoms with E-state index in [4.69, 9.17) is 0 Å². The first-order valence-electron chi connectivity index (χ1n) is 12.1. The summed E-state index contributed by atoms with van der Waals surface area (Å²) >= 11 is 0. The molecule has 1 aliphatic carbocycles. The zero-order valence-corrected chi connectivity index (χ0v) is 21.3.